The molecular formula is C13H18N2O3. The minimum Gasteiger partial charge on any atom is -0.495 e. The number of ether oxygens (including phenoxy) is 2. The first kappa shape index (κ1) is 12.5. The summed E-state index contributed by atoms with van der Waals surface area (Å²) in [5, 5.41) is 3.30. The van der Waals surface area contributed by atoms with E-state index >= 15 is 0 Å². The van der Waals surface area contributed by atoms with Crippen LogP contribution in [0.5, 0.6) is 5.75 Å². The highest BCUT2D eigenvalue weighted by molar-refractivity contribution is 5.83. The van der Waals surface area contributed by atoms with Crippen LogP contribution in [0.4, 0.5) is 11.4 Å². The minimum absolute atomic E-state index is 0.201. The Bertz CT molecular complexity index is 434. The molecule has 1 aromatic carbocycles. The van der Waals surface area contributed by atoms with Crippen molar-refractivity contribution in [3.05, 3.63) is 18.2 Å². The second-order valence-corrected chi connectivity index (χ2v) is 4.01. The van der Waals surface area contributed by atoms with Crippen LogP contribution in [0.3, 0.4) is 0 Å². The maximum atomic E-state index is 11.6. The van der Waals surface area contributed by atoms with Crippen LogP contribution in [0, 0.1) is 0 Å². The van der Waals surface area contributed by atoms with Crippen molar-refractivity contribution in [1.29, 1.82) is 0 Å². The van der Waals surface area contributed by atoms with E-state index in [1.54, 1.807) is 7.11 Å². The van der Waals surface area contributed by atoms with E-state index in [-0.39, 0.29) is 12.5 Å². The molecule has 0 amide bonds. The molecule has 5 heteroatoms. The average Bonchev–Trinajstić information content (AvgIpc) is 2.38. The molecule has 1 aliphatic rings. The normalized spacial score (nSPS) is 13.6. The Morgan fingerprint density at radius 1 is 1.50 bits per heavy atom. The summed E-state index contributed by atoms with van der Waals surface area (Å²) in [6.07, 6.45) is 0. The van der Waals surface area contributed by atoms with E-state index in [1.165, 1.54) is 0 Å². The second kappa shape index (κ2) is 5.62. The molecule has 0 spiro atoms. The van der Waals surface area contributed by atoms with Crippen LogP contribution in [0.15, 0.2) is 18.2 Å². The minimum atomic E-state index is -0.201. The van der Waals surface area contributed by atoms with E-state index in [0.29, 0.717) is 6.61 Å². The smallest absolute Gasteiger partial charge is 0.325 e. The molecule has 1 aliphatic heterocycles. The molecule has 18 heavy (non-hydrogen) atoms. The molecule has 1 aromatic rings. The lowest BCUT2D eigenvalue weighted by atomic mass is 10.2. The highest BCUT2D eigenvalue weighted by Crippen LogP contribution is 2.36. The molecule has 0 radical (unpaired) electrons. The van der Waals surface area contributed by atoms with Gasteiger partial charge in [0.15, 0.2) is 0 Å². The lowest BCUT2D eigenvalue weighted by Gasteiger charge is -2.32. The summed E-state index contributed by atoms with van der Waals surface area (Å²) in [5.41, 5.74) is 1.92. The van der Waals surface area contributed by atoms with Gasteiger partial charge in [-0.1, -0.05) is 6.07 Å². The summed E-state index contributed by atoms with van der Waals surface area (Å²) >= 11 is 0. The molecule has 0 unspecified atom stereocenters. The van der Waals surface area contributed by atoms with Gasteiger partial charge in [0.1, 0.15) is 18.0 Å². The molecule has 0 bridgehead atoms. The van der Waals surface area contributed by atoms with E-state index in [2.05, 4.69) is 5.32 Å². The van der Waals surface area contributed by atoms with Crippen LogP contribution in [-0.4, -0.2) is 39.3 Å². The fraction of sp³-hybridized carbons (Fsp3) is 0.462. The fourth-order valence-electron chi connectivity index (χ4n) is 2.09. The largest absolute Gasteiger partial charge is 0.495 e. The van der Waals surface area contributed by atoms with Gasteiger partial charge in [0.2, 0.25) is 0 Å². The molecule has 0 saturated carbocycles. The molecule has 1 heterocycles. The molecule has 2 rings (SSSR count). The third kappa shape index (κ3) is 2.50. The van der Waals surface area contributed by atoms with Crippen molar-refractivity contribution in [2.45, 2.75) is 6.92 Å². The van der Waals surface area contributed by atoms with Gasteiger partial charge in [0, 0.05) is 13.1 Å². The number of esters is 1. The Hall–Kier alpha value is -1.91. The number of nitrogens with one attached hydrogen (secondary N) is 1. The molecule has 0 fully saturated rings. The monoisotopic (exact) mass is 250 g/mol. The van der Waals surface area contributed by atoms with Crippen molar-refractivity contribution < 1.29 is 14.3 Å². The van der Waals surface area contributed by atoms with Gasteiger partial charge in [-0.15, -0.1) is 0 Å². The first-order valence-electron chi connectivity index (χ1n) is 6.07. The quantitative estimate of drug-likeness (QED) is 0.820. The Morgan fingerprint density at radius 3 is 3.06 bits per heavy atom. The van der Waals surface area contributed by atoms with Crippen LogP contribution in [0.25, 0.3) is 0 Å². The summed E-state index contributed by atoms with van der Waals surface area (Å²) in [5.74, 6) is 0.592. The number of benzene rings is 1. The van der Waals surface area contributed by atoms with Gasteiger partial charge in [-0.2, -0.15) is 0 Å². The number of hydrogen-bond donors (Lipinski definition) is 1. The van der Waals surface area contributed by atoms with E-state index in [9.17, 15) is 4.79 Å². The van der Waals surface area contributed by atoms with Gasteiger partial charge < -0.3 is 19.7 Å². The Morgan fingerprint density at radius 2 is 2.33 bits per heavy atom. The van der Waals surface area contributed by atoms with Crippen LogP contribution in [0.2, 0.25) is 0 Å². The summed E-state index contributed by atoms with van der Waals surface area (Å²) < 4.78 is 10.3. The van der Waals surface area contributed by atoms with E-state index in [4.69, 9.17) is 9.47 Å². The predicted molar refractivity (Wildman–Crippen MR) is 70.3 cm³/mol. The zero-order valence-electron chi connectivity index (χ0n) is 10.7. The molecule has 0 saturated heterocycles. The molecule has 0 aliphatic carbocycles. The Kier molecular flexibility index (Phi) is 3.92. The number of nitrogens with zero attached hydrogens (tertiary/aromatic N) is 1. The van der Waals surface area contributed by atoms with Crippen molar-refractivity contribution in [1.82, 2.24) is 0 Å². The highest BCUT2D eigenvalue weighted by Gasteiger charge is 2.21. The summed E-state index contributed by atoms with van der Waals surface area (Å²) in [7, 11) is 1.64. The zero-order chi connectivity index (χ0) is 13.0. The summed E-state index contributed by atoms with van der Waals surface area (Å²) in [4.78, 5) is 13.6. The summed E-state index contributed by atoms with van der Waals surface area (Å²) in [6.45, 7) is 4.06. The lowest BCUT2D eigenvalue weighted by molar-refractivity contribution is -0.141. The van der Waals surface area contributed by atoms with Crippen molar-refractivity contribution in [3.8, 4) is 5.75 Å². The maximum Gasteiger partial charge on any atom is 0.325 e. The summed E-state index contributed by atoms with van der Waals surface area (Å²) in [6, 6.07) is 5.80. The molecule has 98 valence electrons. The van der Waals surface area contributed by atoms with Crippen molar-refractivity contribution >= 4 is 17.3 Å². The van der Waals surface area contributed by atoms with E-state index in [0.717, 1.165) is 30.2 Å². The van der Waals surface area contributed by atoms with Crippen molar-refractivity contribution in [2.75, 3.05) is 43.6 Å². The fourth-order valence-corrected chi connectivity index (χ4v) is 2.09. The molecule has 0 aromatic heterocycles. The number of methoxy groups -OCH3 is 1. The second-order valence-electron chi connectivity index (χ2n) is 4.01. The number of carbonyl (C=O) groups excluding carboxylic acids is 1. The van der Waals surface area contributed by atoms with Gasteiger partial charge in [-0.05, 0) is 19.1 Å². The molecule has 0 atom stereocenters. The maximum absolute atomic E-state index is 11.6. The van der Waals surface area contributed by atoms with Crippen LogP contribution in [0.1, 0.15) is 6.92 Å². The SMILES string of the molecule is CCOC(=O)CN1CCNc2c(OC)cccc21. The topological polar surface area (TPSA) is 50.8 Å². The van der Waals surface area contributed by atoms with Crippen LogP contribution < -0.4 is 15.0 Å². The number of anilines is 2. The third-order valence-corrected chi connectivity index (χ3v) is 2.87. The average molecular weight is 250 g/mol. The lowest BCUT2D eigenvalue weighted by Crippen LogP contribution is -2.38. The van der Waals surface area contributed by atoms with Crippen molar-refractivity contribution in [2.24, 2.45) is 0 Å². The van der Waals surface area contributed by atoms with Crippen molar-refractivity contribution in [3.63, 3.8) is 0 Å². The van der Waals surface area contributed by atoms with Gasteiger partial charge in [0.05, 0.1) is 19.4 Å². The highest BCUT2D eigenvalue weighted by atomic mass is 16.5. The van der Waals surface area contributed by atoms with Crippen LogP contribution in [-0.2, 0) is 9.53 Å². The molecule has 5 nitrogen and oxygen atoms in total. The number of fused-ring (bicyclic) bond motifs is 1. The van der Waals surface area contributed by atoms with Gasteiger partial charge >= 0.3 is 5.97 Å². The standard InChI is InChI=1S/C13H18N2O3/c1-3-18-12(16)9-15-8-7-14-13-10(15)5-4-6-11(13)17-2/h4-6,14H,3,7-9H2,1-2H3. The number of para-hydroxylation sites is 1. The number of rotatable bonds is 4. The Balaban J connectivity index is 2.20. The van der Waals surface area contributed by atoms with Gasteiger partial charge in [0.25, 0.3) is 0 Å². The van der Waals surface area contributed by atoms with Gasteiger partial charge in [-0.25, -0.2) is 0 Å². The molecule has 1 N–H and O–H groups in total. The number of carbonyl (C=O) groups is 1. The predicted octanol–water partition coefficient (Wildman–Crippen LogP) is 1.49. The Labute approximate surface area is 107 Å². The van der Waals surface area contributed by atoms with Crippen LogP contribution >= 0.6 is 0 Å². The first-order chi connectivity index (χ1) is 8.76. The third-order valence-electron chi connectivity index (χ3n) is 2.87. The zero-order valence-corrected chi connectivity index (χ0v) is 10.7. The first-order valence-corrected chi connectivity index (χ1v) is 6.07. The number of hydrogen-bond acceptors (Lipinski definition) is 5. The molecular weight excluding hydrogens is 232 g/mol. The van der Waals surface area contributed by atoms with E-state index in [1.807, 2.05) is 30.0 Å². The van der Waals surface area contributed by atoms with Gasteiger partial charge in [-0.3, -0.25) is 4.79 Å². The van der Waals surface area contributed by atoms with E-state index < -0.39 is 0 Å².